The molecule has 1 aromatic rings. The third-order valence-electron chi connectivity index (χ3n) is 2.19. The van der Waals surface area contributed by atoms with Gasteiger partial charge in [-0.1, -0.05) is 22.0 Å². The van der Waals surface area contributed by atoms with Crippen molar-refractivity contribution in [2.24, 2.45) is 0 Å². The summed E-state index contributed by atoms with van der Waals surface area (Å²) in [5, 5.41) is 12.5. The number of benzene rings is 1. The van der Waals surface area contributed by atoms with E-state index in [0.717, 1.165) is 4.47 Å². The van der Waals surface area contributed by atoms with Gasteiger partial charge in [0.05, 0.1) is 0 Å². The molecular formula is C9H8BrNO2. The maximum absolute atomic E-state index is 11.3. The Bertz CT molecular complexity index is 387. The van der Waals surface area contributed by atoms with Crippen LogP contribution in [0.15, 0.2) is 22.7 Å². The summed E-state index contributed by atoms with van der Waals surface area (Å²) in [6.07, 6.45) is 0. The Hall–Kier alpha value is -0.870. The van der Waals surface area contributed by atoms with Gasteiger partial charge in [0.2, 0.25) is 0 Å². The Morgan fingerprint density at radius 3 is 2.85 bits per heavy atom. The molecule has 1 aliphatic heterocycles. The van der Waals surface area contributed by atoms with E-state index in [0.29, 0.717) is 11.3 Å². The Morgan fingerprint density at radius 2 is 2.23 bits per heavy atom. The Kier molecular flexibility index (Phi) is 1.72. The first-order valence-corrected chi connectivity index (χ1v) is 4.65. The van der Waals surface area contributed by atoms with Gasteiger partial charge >= 0.3 is 0 Å². The summed E-state index contributed by atoms with van der Waals surface area (Å²) >= 11 is 3.30. The molecule has 13 heavy (non-hydrogen) atoms. The molecule has 1 atom stereocenters. The lowest BCUT2D eigenvalue weighted by atomic mass is 9.98. The van der Waals surface area contributed by atoms with Crippen molar-refractivity contribution in [3.63, 3.8) is 0 Å². The number of hydrogen-bond acceptors (Lipinski definition) is 2. The molecule has 0 spiro atoms. The average molecular weight is 242 g/mol. The molecule has 3 nitrogen and oxygen atoms in total. The van der Waals surface area contributed by atoms with Gasteiger partial charge in [-0.15, -0.1) is 0 Å². The van der Waals surface area contributed by atoms with Crippen LogP contribution in [-0.4, -0.2) is 11.0 Å². The van der Waals surface area contributed by atoms with Gasteiger partial charge in [0.1, 0.15) is 0 Å². The number of carbonyl (C=O) groups is 1. The zero-order valence-corrected chi connectivity index (χ0v) is 8.55. The molecule has 0 fully saturated rings. The summed E-state index contributed by atoms with van der Waals surface area (Å²) in [7, 11) is 0. The van der Waals surface area contributed by atoms with Gasteiger partial charge in [0.15, 0.2) is 5.60 Å². The van der Waals surface area contributed by atoms with Crippen LogP contribution in [0.25, 0.3) is 0 Å². The van der Waals surface area contributed by atoms with E-state index in [1.54, 1.807) is 12.1 Å². The van der Waals surface area contributed by atoms with Crippen molar-refractivity contribution in [1.82, 2.24) is 0 Å². The minimum Gasteiger partial charge on any atom is -0.375 e. The van der Waals surface area contributed by atoms with Crippen molar-refractivity contribution in [2.45, 2.75) is 12.5 Å². The summed E-state index contributed by atoms with van der Waals surface area (Å²) in [6, 6.07) is 5.37. The summed E-state index contributed by atoms with van der Waals surface area (Å²) in [6.45, 7) is 1.49. The molecule has 68 valence electrons. The smallest absolute Gasteiger partial charge is 0.260 e. The number of aliphatic hydroxyl groups is 1. The lowest BCUT2D eigenvalue weighted by Crippen LogP contribution is -2.30. The largest absolute Gasteiger partial charge is 0.375 e. The van der Waals surface area contributed by atoms with Crippen molar-refractivity contribution in [2.75, 3.05) is 5.32 Å². The number of carbonyl (C=O) groups excluding carboxylic acids is 1. The fourth-order valence-electron chi connectivity index (χ4n) is 1.48. The molecule has 0 saturated carbocycles. The normalized spacial score (nSPS) is 25.6. The predicted molar refractivity (Wildman–Crippen MR) is 52.3 cm³/mol. The van der Waals surface area contributed by atoms with E-state index in [1.165, 1.54) is 6.92 Å². The first kappa shape index (κ1) is 8.72. The molecule has 1 aromatic carbocycles. The van der Waals surface area contributed by atoms with Crippen molar-refractivity contribution in [1.29, 1.82) is 0 Å². The van der Waals surface area contributed by atoms with E-state index < -0.39 is 5.60 Å². The number of hydrogen-bond donors (Lipinski definition) is 2. The van der Waals surface area contributed by atoms with Crippen LogP contribution in [0.4, 0.5) is 5.69 Å². The van der Waals surface area contributed by atoms with Crippen LogP contribution in [0, 0.1) is 0 Å². The fourth-order valence-corrected chi connectivity index (χ4v) is 2.23. The van der Waals surface area contributed by atoms with E-state index in [2.05, 4.69) is 21.2 Å². The molecule has 0 aromatic heterocycles. The fraction of sp³-hybridized carbons (Fsp3) is 0.222. The maximum Gasteiger partial charge on any atom is 0.260 e. The van der Waals surface area contributed by atoms with Crippen LogP contribution in [0.1, 0.15) is 12.5 Å². The molecule has 2 N–H and O–H groups in total. The minimum absolute atomic E-state index is 0.380. The summed E-state index contributed by atoms with van der Waals surface area (Å²) in [5.74, 6) is -0.380. The number of fused-ring (bicyclic) bond motifs is 1. The van der Waals surface area contributed by atoms with Gasteiger partial charge in [-0.2, -0.15) is 0 Å². The average Bonchev–Trinajstić information content (AvgIpc) is 2.24. The van der Waals surface area contributed by atoms with Crippen molar-refractivity contribution in [3.8, 4) is 0 Å². The number of amides is 1. The van der Waals surface area contributed by atoms with Crippen LogP contribution >= 0.6 is 15.9 Å². The highest BCUT2D eigenvalue weighted by Crippen LogP contribution is 2.40. The van der Waals surface area contributed by atoms with E-state index in [-0.39, 0.29) is 5.91 Å². The van der Waals surface area contributed by atoms with E-state index in [1.807, 2.05) is 6.07 Å². The zero-order chi connectivity index (χ0) is 9.64. The van der Waals surface area contributed by atoms with Crippen LogP contribution in [0.3, 0.4) is 0 Å². The molecular weight excluding hydrogens is 234 g/mol. The highest BCUT2D eigenvalue weighted by Gasteiger charge is 2.42. The lowest BCUT2D eigenvalue weighted by Gasteiger charge is -2.14. The highest BCUT2D eigenvalue weighted by atomic mass is 79.9. The zero-order valence-electron chi connectivity index (χ0n) is 6.97. The van der Waals surface area contributed by atoms with Gasteiger partial charge in [-0.05, 0) is 19.1 Å². The van der Waals surface area contributed by atoms with Gasteiger partial charge in [0, 0.05) is 15.7 Å². The molecule has 1 amide bonds. The predicted octanol–water partition coefficient (Wildman–Crippen LogP) is 1.61. The monoisotopic (exact) mass is 241 g/mol. The quantitative estimate of drug-likeness (QED) is 0.726. The molecule has 0 radical (unpaired) electrons. The Labute approximate surface area is 83.9 Å². The summed E-state index contributed by atoms with van der Waals surface area (Å²) < 4.78 is 0.744. The lowest BCUT2D eigenvalue weighted by molar-refractivity contribution is -0.131. The number of rotatable bonds is 0. The van der Waals surface area contributed by atoms with Crippen LogP contribution in [0.5, 0.6) is 0 Å². The topological polar surface area (TPSA) is 49.3 Å². The molecule has 0 unspecified atom stereocenters. The number of nitrogens with one attached hydrogen (secondary N) is 1. The van der Waals surface area contributed by atoms with Crippen molar-refractivity contribution >= 4 is 27.5 Å². The first-order chi connectivity index (χ1) is 6.03. The van der Waals surface area contributed by atoms with Gasteiger partial charge in [0.25, 0.3) is 5.91 Å². The molecule has 0 saturated heterocycles. The molecule has 0 bridgehead atoms. The standard InChI is InChI=1S/C9H8BrNO2/c1-9(13)7-5(10)3-2-4-6(7)11-8(9)12/h2-4,13H,1H3,(H,11,12)/t9-/m0/s1. The van der Waals surface area contributed by atoms with E-state index in [4.69, 9.17) is 0 Å². The SMILES string of the molecule is C[C@@]1(O)C(=O)Nc2cccc(Br)c21. The highest BCUT2D eigenvalue weighted by molar-refractivity contribution is 9.10. The van der Waals surface area contributed by atoms with Crippen molar-refractivity contribution in [3.05, 3.63) is 28.2 Å². The van der Waals surface area contributed by atoms with E-state index in [9.17, 15) is 9.90 Å². The maximum atomic E-state index is 11.3. The molecule has 0 aliphatic carbocycles. The first-order valence-electron chi connectivity index (χ1n) is 3.86. The third kappa shape index (κ3) is 1.09. The second-order valence-corrected chi connectivity index (χ2v) is 4.04. The van der Waals surface area contributed by atoms with Crippen molar-refractivity contribution < 1.29 is 9.90 Å². The summed E-state index contributed by atoms with van der Waals surface area (Å²) in [5.41, 5.74) is -0.139. The van der Waals surface area contributed by atoms with Gasteiger partial charge < -0.3 is 10.4 Å². The summed E-state index contributed by atoms with van der Waals surface area (Å²) in [4.78, 5) is 11.3. The van der Waals surface area contributed by atoms with E-state index >= 15 is 0 Å². The van der Waals surface area contributed by atoms with Gasteiger partial charge in [-0.25, -0.2) is 0 Å². The van der Waals surface area contributed by atoms with Gasteiger partial charge in [-0.3, -0.25) is 4.79 Å². The Morgan fingerprint density at radius 1 is 1.54 bits per heavy atom. The third-order valence-corrected chi connectivity index (χ3v) is 2.85. The minimum atomic E-state index is -1.42. The molecule has 1 heterocycles. The molecule has 1 aliphatic rings. The van der Waals surface area contributed by atoms with Crippen LogP contribution in [0.2, 0.25) is 0 Å². The second kappa shape index (κ2) is 2.56. The Balaban J connectivity index is 2.70. The number of anilines is 1. The second-order valence-electron chi connectivity index (χ2n) is 3.19. The van der Waals surface area contributed by atoms with Crippen LogP contribution in [-0.2, 0) is 10.4 Å². The number of halogens is 1. The molecule has 2 rings (SSSR count). The molecule has 4 heteroatoms. The van der Waals surface area contributed by atoms with Crippen LogP contribution < -0.4 is 5.32 Å².